The highest BCUT2D eigenvalue weighted by Gasteiger charge is 2.31. The SMILES string of the molecule is COc1cccc(CCN(C)C(C)(C)C(=O)O)c1. The second kappa shape index (κ2) is 5.87. The van der Waals surface area contributed by atoms with Crippen molar-refractivity contribution in [2.45, 2.75) is 25.8 Å². The van der Waals surface area contributed by atoms with Crippen LogP contribution in [0, 0.1) is 0 Å². The van der Waals surface area contributed by atoms with Crippen LogP contribution in [0.25, 0.3) is 0 Å². The fourth-order valence-electron chi connectivity index (χ4n) is 1.57. The minimum Gasteiger partial charge on any atom is -0.497 e. The van der Waals surface area contributed by atoms with Crippen molar-refractivity contribution in [1.82, 2.24) is 4.90 Å². The van der Waals surface area contributed by atoms with Gasteiger partial charge in [-0.3, -0.25) is 9.69 Å². The Hall–Kier alpha value is -1.55. The summed E-state index contributed by atoms with van der Waals surface area (Å²) < 4.78 is 5.16. The van der Waals surface area contributed by atoms with Crippen LogP contribution in [-0.2, 0) is 11.2 Å². The van der Waals surface area contributed by atoms with Crippen LogP contribution in [0.15, 0.2) is 24.3 Å². The van der Waals surface area contributed by atoms with E-state index in [1.54, 1.807) is 21.0 Å². The minimum absolute atomic E-state index is 0.687. The summed E-state index contributed by atoms with van der Waals surface area (Å²) in [5.41, 5.74) is 0.293. The summed E-state index contributed by atoms with van der Waals surface area (Å²) in [6.45, 7) is 4.11. The number of carboxylic acid groups (broad SMARTS) is 1. The number of nitrogens with zero attached hydrogens (tertiary/aromatic N) is 1. The van der Waals surface area contributed by atoms with E-state index in [2.05, 4.69) is 0 Å². The first-order valence-corrected chi connectivity index (χ1v) is 5.95. The van der Waals surface area contributed by atoms with E-state index in [0.717, 1.165) is 17.7 Å². The Morgan fingerprint density at radius 1 is 1.44 bits per heavy atom. The zero-order chi connectivity index (χ0) is 13.8. The van der Waals surface area contributed by atoms with Crippen LogP contribution in [-0.4, -0.2) is 42.2 Å². The molecule has 1 aromatic carbocycles. The number of carbonyl (C=O) groups is 1. The molecule has 0 saturated carbocycles. The van der Waals surface area contributed by atoms with Crippen molar-refractivity contribution in [3.63, 3.8) is 0 Å². The van der Waals surface area contributed by atoms with E-state index in [0.29, 0.717) is 6.54 Å². The number of carboxylic acids is 1. The van der Waals surface area contributed by atoms with Crippen LogP contribution < -0.4 is 4.74 Å². The largest absolute Gasteiger partial charge is 0.497 e. The maximum atomic E-state index is 11.1. The molecule has 0 unspecified atom stereocenters. The van der Waals surface area contributed by atoms with Crippen LogP contribution in [0.1, 0.15) is 19.4 Å². The summed E-state index contributed by atoms with van der Waals surface area (Å²) in [5, 5.41) is 9.13. The van der Waals surface area contributed by atoms with Gasteiger partial charge in [-0.1, -0.05) is 12.1 Å². The summed E-state index contributed by atoms with van der Waals surface area (Å²) in [4.78, 5) is 13.0. The lowest BCUT2D eigenvalue weighted by molar-refractivity contribution is -0.148. The molecule has 1 rings (SSSR count). The lowest BCUT2D eigenvalue weighted by atomic mass is 10.0. The van der Waals surface area contributed by atoms with Gasteiger partial charge in [-0.15, -0.1) is 0 Å². The monoisotopic (exact) mass is 251 g/mol. The van der Waals surface area contributed by atoms with Gasteiger partial charge in [0.05, 0.1) is 7.11 Å². The summed E-state index contributed by atoms with van der Waals surface area (Å²) in [6, 6.07) is 7.83. The highest BCUT2D eigenvalue weighted by molar-refractivity contribution is 5.77. The molecular weight excluding hydrogens is 230 g/mol. The van der Waals surface area contributed by atoms with Gasteiger partial charge < -0.3 is 9.84 Å². The van der Waals surface area contributed by atoms with Gasteiger partial charge in [0.1, 0.15) is 11.3 Å². The van der Waals surface area contributed by atoms with Crippen molar-refractivity contribution in [2.75, 3.05) is 20.7 Å². The fourth-order valence-corrected chi connectivity index (χ4v) is 1.57. The first-order valence-electron chi connectivity index (χ1n) is 5.95. The Balaban J connectivity index is 2.62. The van der Waals surface area contributed by atoms with Gasteiger partial charge in [0.25, 0.3) is 0 Å². The van der Waals surface area contributed by atoms with E-state index < -0.39 is 11.5 Å². The molecule has 0 aliphatic heterocycles. The topological polar surface area (TPSA) is 49.8 Å². The maximum absolute atomic E-state index is 11.1. The number of hydrogen-bond donors (Lipinski definition) is 1. The Bertz CT molecular complexity index is 415. The standard InChI is InChI=1S/C14H21NO3/c1-14(2,13(16)17)15(3)9-8-11-6-5-7-12(10-11)18-4/h5-7,10H,8-9H2,1-4H3,(H,16,17). The molecule has 1 N–H and O–H groups in total. The Kier molecular flexibility index (Phi) is 4.73. The third kappa shape index (κ3) is 3.47. The molecule has 0 spiro atoms. The van der Waals surface area contributed by atoms with E-state index >= 15 is 0 Å². The molecule has 0 fully saturated rings. The highest BCUT2D eigenvalue weighted by Crippen LogP contribution is 2.16. The van der Waals surface area contributed by atoms with E-state index in [4.69, 9.17) is 9.84 Å². The van der Waals surface area contributed by atoms with Crippen molar-refractivity contribution in [3.05, 3.63) is 29.8 Å². The number of likely N-dealkylation sites (N-methyl/N-ethyl adjacent to an activating group) is 1. The van der Waals surface area contributed by atoms with Crippen molar-refractivity contribution in [2.24, 2.45) is 0 Å². The van der Waals surface area contributed by atoms with Gasteiger partial charge in [0.2, 0.25) is 0 Å². The smallest absolute Gasteiger partial charge is 0.323 e. The van der Waals surface area contributed by atoms with Crippen molar-refractivity contribution in [3.8, 4) is 5.75 Å². The first kappa shape index (κ1) is 14.5. The van der Waals surface area contributed by atoms with Gasteiger partial charge in [-0.05, 0) is 45.0 Å². The van der Waals surface area contributed by atoms with E-state index in [1.165, 1.54) is 0 Å². The number of methoxy groups -OCH3 is 1. The summed E-state index contributed by atoms with van der Waals surface area (Å²) in [5.74, 6) is 0.0169. The predicted octanol–water partition coefficient (Wildman–Crippen LogP) is 2.03. The minimum atomic E-state index is -0.848. The fraction of sp³-hybridized carbons (Fsp3) is 0.500. The molecular formula is C14H21NO3. The molecule has 18 heavy (non-hydrogen) atoms. The van der Waals surface area contributed by atoms with Crippen LogP contribution in [0.3, 0.4) is 0 Å². The summed E-state index contributed by atoms with van der Waals surface area (Å²) >= 11 is 0. The van der Waals surface area contributed by atoms with Gasteiger partial charge >= 0.3 is 5.97 Å². The number of hydrogen-bond acceptors (Lipinski definition) is 3. The quantitative estimate of drug-likeness (QED) is 0.840. The Labute approximate surface area is 108 Å². The zero-order valence-corrected chi connectivity index (χ0v) is 11.4. The molecule has 0 bridgehead atoms. The molecule has 0 aromatic heterocycles. The normalized spacial score (nSPS) is 11.6. The molecule has 0 saturated heterocycles. The van der Waals surface area contributed by atoms with Gasteiger partial charge in [0.15, 0.2) is 0 Å². The third-order valence-electron chi connectivity index (χ3n) is 3.35. The maximum Gasteiger partial charge on any atom is 0.323 e. The highest BCUT2D eigenvalue weighted by atomic mass is 16.5. The summed E-state index contributed by atoms with van der Waals surface area (Å²) in [6.07, 6.45) is 0.796. The predicted molar refractivity (Wildman–Crippen MR) is 71.0 cm³/mol. The molecule has 0 aliphatic carbocycles. The van der Waals surface area contributed by atoms with Gasteiger partial charge in [0, 0.05) is 6.54 Å². The van der Waals surface area contributed by atoms with E-state index in [9.17, 15) is 4.79 Å². The number of ether oxygens (including phenoxy) is 1. The molecule has 4 heteroatoms. The van der Waals surface area contributed by atoms with Crippen LogP contribution in [0.2, 0.25) is 0 Å². The van der Waals surface area contributed by atoms with Crippen molar-refractivity contribution < 1.29 is 14.6 Å². The van der Waals surface area contributed by atoms with Crippen LogP contribution in [0.5, 0.6) is 5.75 Å². The molecule has 1 aromatic rings. The lowest BCUT2D eigenvalue weighted by Gasteiger charge is -2.31. The number of aliphatic carboxylic acids is 1. The lowest BCUT2D eigenvalue weighted by Crippen LogP contribution is -2.48. The molecule has 0 aliphatic rings. The van der Waals surface area contributed by atoms with Crippen molar-refractivity contribution >= 4 is 5.97 Å². The second-order valence-corrected chi connectivity index (χ2v) is 4.89. The molecule has 0 heterocycles. The average molecular weight is 251 g/mol. The molecule has 4 nitrogen and oxygen atoms in total. The van der Waals surface area contributed by atoms with E-state index in [1.807, 2.05) is 36.2 Å². The van der Waals surface area contributed by atoms with Crippen LogP contribution >= 0.6 is 0 Å². The zero-order valence-electron chi connectivity index (χ0n) is 11.4. The van der Waals surface area contributed by atoms with Crippen LogP contribution in [0.4, 0.5) is 0 Å². The average Bonchev–Trinajstić information content (AvgIpc) is 2.35. The van der Waals surface area contributed by atoms with Gasteiger partial charge in [-0.2, -0.15) is 0 Å². The second-order valence-electron chi connectivity index (χ2n) is 4.89. The molecule has 0 atom stereocenters. The van der Waals surface area contributed by atoms with Crippen molar-refractivity contribution in [1.29, 1.82) is 0 Å². The first-order chi connectivity index (χ1) is 8.37. The number of rotatable bonds is 6. The number of benzene rings is 1. The Morgan fingerprint density at radius 2 is 2.11 bits per heavy atom. The molecule has 0 radical (unpaired) electrons. The third-order valence-corrected chi connectivity index (χ3v) is 3.35. The van der Waals surface area contributed by atoms with Gasteiger partial charge in [-0.25, -0.2) is 0 Å². The summed E-state index contributed by atoms with van der Waals surface area (Å²) in [7, 11) is 3.47. The molecule has 100 valence electrons. The Morgan fingerprint density at radius 3 is 2.67 bits per heavy atom. The van der Waals surface area contributed by atoms with E-state index in [-0.39, 0.29) is 0 Å². The molecule has 0 amide bonds.